The number of carbonyl (C=O) groups excluding carboxylic acids is 2. The van der Waals surface area contributed by atoms with Gasteiger partial charge in [0.05, 0.1) is 13.5 Å². The highest BCUT2D eigenvalue weighted by Gasteiger charge is 2.14. The summed E-state index contributed by atoms with van der Waals surface area (Å²) in [6, 6.07) is 6.95. The number of amides is 2. The molecular weight excluding hydrogens is 244 g/mol. The van der Waals surface area contributed by atoms with E-state index >= 15 is 0 Å². The van der Waals surface area contributed by atoms with Crippen molar-refractivity contribution < 1.29 is 14.3 Å². The molecule has 5 nitrogen and oxygen atoms in total. The van der Waals surface area contributed by atoms with Gasteiger partial charge in [-0.1, -0.05) is 24.6 Å². The number of benzene rings is 1. The standard InChI is InChI=1S/C14H20N2O3/c1-4-11(9-13(17)19-3)15-14(18)16-12-7-5-10(2)6-8-12/h5-8,11H,4,9H2,1-3H3,(H2,15,16,18). The Kier molecular flexibility index (Phi) is 5.85. The Bertz CT molecular complexity index is 429. The molecule has 0 spiro atoms. The van der Waals surface area contributed by atoms with Gasteiger partial charge in [-0.15, -0.1) is 0 Å². The lowest BCUT2D eigenvalue weighted by molar-refractivity contribution is -0.141. The molecule has 0 saturated carbocycles. The van der Waals surface area contributed by atoms with Crippen LogP contribution in [0.15, 0.2) is 24.3 Å². The van der Waals surface area contributed by atoms with E-state index in [1.807, 2.05) is 38.1 Å². The maximum atomic E-state index is 11.8. The number of urea groups is 1. The third-order valence-corrected chi connectivity index (χ3v) is 2.78. The highest BCUT2D eigenvalue weighted by molar-refractivity contribution is 5.89. The van der Waals surface area contributed by atoms with Crippen LogP contribution in [0, 0.1) is 6.92 Å². The summed E-state index contributed by atoms with van der Waals surface area (Å²) in [7, 11) is 1.33. The second-order valence-electron chi connectivity index (χ2n) is 4.35. The Balaban J connectivity index is 2.49. The van der Waals surface area contributed by atoms with E-state index in [9.17, 15) is 9.59 Å². The lowest BCUT2D eigenvalue weighted by Crippen LogP contribution is -2.39. The van der Waals surface area contributed by atoms with Crippen molar-refractivity contribution in [3.05, 3.63) is 29.8 Å². The van der Waals surface area contributed by atoms with E-state index in [2.05, 4.69) is 15.4 Å². The fraction of sp³-hybridized carbons (Fsp3) is 0.429. The van der Waals surface area contributed by atoms with Gasteiger partial charge in [0.15, 0.2) is 0 Å². The van der Waals surface area contributed by atoms with E-state index in [1.165, 1.54) is 7.11 Å². The summed E-state index contributed by atoms with van der Waals surface area (Å²) in [5, 5.41) is 5.47. The zero-order valence-corrected chi connectivity index (χ0v) is 11.5. The highest BCUT2D eigenvalue weighted by atomic mass is 16.5. The Morgan fingerprint density at radius 2 is 1.89 bits per heavy atom. The number of aryl methyl sites for hydroxylation is 1. The monoisotopic (exact) mass is 264 g/mol. The maximum Gasteiger partial charge on any atom is 0.319 e. The van der Waals surface area contributed by atoms with Crippen molar-refractivity contribution in [1.29, 1.82) is 0 Å². The molecule has 0 aliphatic heterocycles. The number of hydrogen-bond acceptors (Lipinski definition) is 3. The predicted octanol–water partition coefficient (Wildman–Crippen LogP) is 2.46. The van der Waals surface area contributed by atoms with Gasteiger partial charge in [-0.05, 0) is 25.5 Å². The molecule has 0 aromatic heterocycles. The van der Waals surface area contributed by atoms with Gasteiger partial charge in [0.1, 0.15) is 0 Å². The maximum absolute atomic E-state index is 11.8. The first-order valence-corrected chi connectivity index (χ1v) is 6.26. The molecule has 1 rings (SSSR count). The van der Waals surface area contributed by atoms with Crippen LogP contribution in [0.1, 0.15) is 25.3 Å². The third kappa shape index (κ3) is 5.42. The van der Waals surface area contributed by atoms with Gasteiger partial charge in [-0.3, -0.25) is 4.79 Å². The Hall–Kier alpha value is -2.04. The van der Waals surface area contributed by atoms with Gasteiger partial charge >= 0.3 is 12.0 Å². The normalized spacial score (nSPS) is 11.5. The van der Waals surface area contributed by atoms with E-state index in [1.54, 1.807) is 0 Å². The smallest absolute Gasteiger partial charge is 0.319 e. The molecule has 1 aromatic rings. The molecule has 0 fully saturated rings. The van der Waals surface area contributed by atoms with Crippen LogP contribution in [0.5, 0.6) is 0 Å². The first kappa shape index (κ1) is 15.0. The van der Waals surface area contributed by atoms with Gasteiger partial charge in [-0.25, -0.2) is 4.79 Å². The molecule has 0 aliphatic rings. The molecule has 104 valence electrons. The van der Waals surface area contributed by atoms with E-state index < -0.39 is 0 Å². The number of anilines is 1. The average Bonchev–Trinajstić information content (AvgIpc) is 2.40. The summed E-state index contributed by atoms with van der Waals surface area (Å²) < 4.78 is 4.58. The highest BCUT2D eigenvalue weighted by Crippen LogP contribution is 2.08. The van der Waals surface area contributed by atoms with Crippen LogP contribution in [-0.2, 0) is 9.53 Å². The summed E-state index contributed by atoms with van der Waals surface area (Å²) in [6.45, 7) is 3.88. The van der Waals surface area contributed by atoms with Gasteiger partial charge in [0.25, 0.3) is 0 Å². The van der Waals surface area contributed by atoms with Gasteiger partial charge in [-0.2, -0.15) is 0 Å². The minimum atomic E-state index is -0.331. The van der Waals surface area contributed by atoms with Crippen molar-refractivity contribution in [2.75, 3.05) is 12.4 Å². The summed E-state index contributed by atoms with van der Waals surface area (Å²) >= 11 is 0. The van der Waals surface area contributed by atoms with Crippen LogP contribution in [-0.4, -0.2) is 25.2 Å². The SMILES string of the molecule is CCC(CC(=O)OC)NC(=O)Nc1ccc(C)cc1. The average molecular weight is 264 g/mol. The van der Waals surface area contributed by atoms with Crippen LogP contribution in [0.2, 0.25) is 0 Å². The van der Waals surface area contributed by atoms with E-state index in [-0.39, 0.29) is 24.5 Å². The Morgan fingerprint density at radius 3 is 2.42 bits per heavy atom. The molecule has 2 amide bonds. The largest absolute Gasteiger partial charge is 0.469 e. The number of carbonyl (C=O) groups is 2. The molecule has 2 N–H and O–H groups in total. The molecule has 0 aliphatic carbocycles. The minimum absolute atomic E-state index is 0.175. The first-order valence-electron chi connectivity index (χ1n) is 6.26. The summed E-state index contributed by atoms with van der Waals surface area (Å²) in [5.74, 6) is -0.331. The molecule has 1 aromatic carbocycles. The quantitative estimate of drug-likeness (QED) is 0.803. The topological polar surface area (TPSA) is 67.4 Å². The van der Waals surface area contributed by atoms with Gasteiger partial charge in [0, 0.05) is 11.7 Å². The lowest BCUT2D eigenvalue weighted by atomic mass is 10.1. The zero-order chi connectivity index (χ0) is 14.3. The van der Waals surface area contributed by atoms with Crippen LogP contribution >= 0.6 is 0 Å². The number of ether oxygens (including phenoxy) is 1. The molecule has 0 heterocycles. The molecule has 0 saturated heterocycles. The minimum Gasteiger partial charge on any atom is -0.469 e. The lowest BCUT2D eigenvalue weighted by Gasteiger charge is -2.16. The van der Waals surface area contributed by atoms with Crippen molar-refractivity contribution >= 4 is 17.7 Å². The van der Waals surface area contributed by atoms with Crippen molar-refractivity contribution in [2.45, 2.75) is 32.7 Å². The van der Waals surface area contributed by atoms with Crippen LogP contribution < -0.4 is 10.6 Å². The summed E-state index contributed by atoms with van der Waals surface area (Å²) in [5.41, 5.74) is 1.85. The Morgan fingerprint density at radius 1 is 1.26 bits per heavy atom. The van der Waals surface area contributed by atoms with Crippen LogP contribution in [0.4, 0.5) is 10.5 Å². The second-order valence-corrected chi connectivity index (χ2v) is 4.35. The third-order valence-electron chi connectivity index (χ3n) is 2.78. The fourth-order valence-electron chi connectivity index (χ4n) is 1.57. The molecule has 19 heavy (non-hydrogen) atoms. The zero-order valence-electron chi connectivity index (χ0n) is 11.5. The molecule has 5 heteroatoms. The number of hydrogen-bond donors (Lipinski definition) is 2. The van der Waals surface area contributed by atoms with E-state index in [0.717, 1.165) is 11.3 Å². The van der Waals surface area contributed by atoms with Gasteiger partial charge in [0.2, 0.25) is 0 Å². The molecule has 1 atom stereocenters. The van der Waals surface area contributed by atoms with Crippen molar-refractivity contribution in [1.82, 2.24) is 5.32 Å². The molecule has 0 radical (unpaired) electrons. The van der Waals surface area contributed by atoms with Crippen molar-refractivity contribution in [3.63, 3.8) is 0 Å². The Labute approximate surface area is 113 Å². The number of rotatable bonds is 5. The van der Waals surface area contributed by atoms with E-state index in [0.29, 0.717) is 6.42 Å². The second kappa shape index (κ2) is 7.41. The number of methoxy groups -OCH3 is 1. The molecule has 0 bridgehead atoms. The van der Waals surface area contributed by atoms with Crippen LogP contribution in [0.25, 0.3) is 0 Å². The molecule has 1 unspecified atom stereocenters. The van der Waals surface area contributed by atoms with Crippen molar-refractivity contribution in [2.24, 2.45) is 0 Å². The molecular formula is C14H20N2O3. The number of nitrogens with one attached hydrogen (secondary N) is 2. The van der Waals surface area contributed by atoms with Crippen LogP contribution in [0.3, 0.4) is 0 Å². The number of esters is 1. The van der Waals surface area contributed by atoms with Crippen molar-refractivity contribution in [3.8, 4) is 0 Å². The first-order chi connectivity index (χ1) is 9.05. The summed E-state index contributed by atoms with van der Waals surface area (Å²) in [4.78, 5) is 22.9. The summed E-state index contributed by atoms with van der Waals surface area (Å²) in [6.07, 6.45) is 0.838. The van der Waals surface area contributed by atoms with E-state index in [4.69, 9.17) is 0 Å². The fourth-order valence-corrected chi connectivity index (χ4v) is 1.57. The van der Waals surface area contributed by atoms with Gasteiger partial charge < -0.3 is 15.4 Å². The predicted molar refractivity (Wildman–Crippen MR) is 74.0 cm³/mol.